The number of carboxylic acids is 1. The molecule has 1 unspecified atom stereocenters. The van der Waals surface area contributed by atoms with Crippen LogP contribution in [-0.4, -0.2) is 42.2 Å². The summed E-state index contributed by atoms with van der Waals surface area (Å²) in [5.74, 6) is -0.0712. The van der Waals surface area contributed by atoms with Crippen molar-refractivity contribution >= 4 is 17.7 Å². The lowest BCUT2D eigenvalue weighted by Gasteiger charge is -2.22. The number of hydrogen-bond donors (Lipinski definition) is 2. The van der Waals surface area contributed by atoms with Crippen molar-refractivity contribution in [3.63, 3.8) is 0 Å². The van der Waals surface area contributed by atoms with Crippen LogP contribution in [0.15, 0.2) is 6.07 Å². The zero-order chi connectivity index (χ0) is 17.4. The van der Waals surface area contributed by atoms with E-state index in [4.69, 9.17) is 4.74 Å². The Balaban J connectivity index is 2.19. The van der Waals surface area contributed by atoms with Crippen LogP contribution in [0.3, 0.4) is 0 Å². The molecule has 2 amide bonds. The van der Waals surface area contributed by atoms with E-state index >= 15 is 0 Å². The molecule has 1 saturated heterocycles. The number of nitrogens with zero attached hydrogens (tertiary/aromatic N) is 1. The average molecular weight is 320 g/mol. The summed E-state index contributed by atoms with van der Waals surface area (Å²) in [6, 6.07) is 1.63. The van der Waals surface area contributed by atoms with E-state index < -0.39 is 11.4 Å². The Labute approximate surface area is 136 Å². The Morgan fingerprint density at radius 3 is 2.48 bits per heavy atom. The molecule has 6 nitrogen and oxygen atoms in total. The SMILES string of the molecule is COc1cc(C)c(NC(=O)N2CCC(C)(C(=O)O)C2)c(C)c1C. The van der Waals surface area contributed by atoms with Gasteiger partial charge in [0.05, 0.1) is 12.5 Å². The molecule has 6 heteroatoms. The first kappa shape index (κ1) is 17.1. The number of aliphatic carboxylic acids is 1. The second kappa shape index (κ2) is 6.10. The van der Waals surface area contributed by atoms with Crippen molar-refractivity contribution in [3.05, 3.63) is 22.8 Å². The molecule has 0 radical (unpaired) electrons. The van der Waals surface area contributed by atoms with Crippen molar-refractivity contribution in [2.75, 3.05) is 25.5 Å². The summed E-state index contributed by atoms with van der Waals surface area (Å²) in [6.07, 6.45) is 0.468. The van der Waals surface area contributed by atoms with Gasteiger partial charge in [-0.2, -0.15) is 0 Å². The van der Waals surface area contributed by atoms with E-state index in [1.165, 1.54) is 0 Å². The summed E-state index contributed by atoms with van der Waals surface area (Å²) in [4.78, 5) is 25.3. The number of carbonyl (C=O) groups excluding carboxylic acids is 1. The second-order valence-corrected chi connectivity index (χ2v) is 6.49. The van der Waals surface area contributed by atoms with Crippen LogP contribution in [0.1, 0.15) is 30.0 Å². The Hall–Kier alpha value is -2.24. The van der Waals surface area contributed by atoms with Gasteiger partial charge in [0.1, 0.15) is 5.75 Å². The highest BCUT2D eigenvalue weighted by Crippen LogP contribution is 2.33. The first-order chi connectivity index (χ1) is 10.7. The van der Waals surface area contributed by atoms with E-state index in [-0.39, 0.29) is 12.6 Å². The topological polar surface area (TPSA) is 78.9 Å². The van der Waals surface area contributed by atoms with Gasteiger partial charge in [-0.25, -0.2) is 4.79 Å². The molecule has 0 aliphatic carbocycles. The molecule has 2 rings (SSSR count). The van der Waals surface area contributed by atoms with E-state index in [0.717, 1.165) is 28.1 Å². The Morgan fingerprint density at radius 1 is 1.30 bits per heavy atom. The number of aryl methyl sites for hydroxylation is 1. The molecule has 1 aromatic rings. The number of hydrogen-bond acceptors (Lipinski definition) is 3. The largest absolute Gasteiger partial charge is 0.496 e. The van der Waals surface area contributed by atoms with Crippen LogP contribution >= 0.6 is 0 Å². The van der Waals surface area contributed by atoms with Crippen molar-refractivity contribution in [2.24, 2.45) is 5.41 Å². The van der Waals surface area contributed by atoms with Gasteiger partial charge in [0.25, 0.3) is 0 Å². The number of urea groups is 1. The van der Waals surface area contributed by atoms with E-state index in [1.807, 2.05) is 26.8 Å². The van der Waals surface area contributed by atoms with Gasteiger partial charge in [-0.3, -0.25) is 4.79 Å². The predicted molar refractivity (Wildman–Crippen MR) is 88.2 cm³/mol. The van der Waals surface area contributed by atoms with Gasteiger partial charge >= 0.3 is 12.0 Å². The molecule has 23 heavy (non-hydrogen) atoms. The lowest BCUT2D eigenvalue weighted by molar-refractivity contribution is -0.146. The van der Waals surface area contributed by atoms with Gasteiger partial charge in [0.15, 0.2) is 0 Å². The van der Waals surface area contributed by atoms with Crippen molar-refractivity contribution in [1.29, 1.82) is 0 Å². The maximum absolute atomic E-state index is 12.5. The third-order valence-electron chi connectivity index (χ3n) is 4.78. The minimum atomic E-state index is -0.864. The Bertz CT molecular complexity index is 656. The molecule has 1 aromatic carbocycles. The zero-order valence-electron chi connectivity index (χ0n) is 14.3. The quantitative estimate of drug-likeness (QED) is 0.897. The van der Waals surface area contributed by atoms with Gasteiger partial charge in [-0.1, -0.05) is 0 Å². The lowest BCUT2D eigenvalue weighted by atomic mass is 9.90. The fourth-order valence-corrected chi connectivity index (χ4v) is 2.94. The predicted octanol–water partition coefficient (Wildman–Crippen LogP) is 2.95. The highest BCUT2D eigenvalue weighted by molar-refractivity contribution is 5.92. The maximum atomic E-state index is 12.5. The van der Waals surface area contributed by atoms with E-state index in [1.54, 1.807) is 18.9 Å². The molecule has 0 saturated carbocycles. The van der Waals surface area contributed by atoms with E-state index in [9.17, 15) is 14.7 Å². The maximum Gasteiger partial charge on any atom is 0.321 e. The Morgan fingerprint density at radius 2 is 1.96 bits per heavy atom. The fourth-order valence-electron chi connectivity index (χ4n) is 2.94. The average Bonchev–Trinajstić information content (AvgIpc) is 2.91. The highest BCUT2D eigenvalue weighted by Gasteiger charge is 2.42. The molecule has 0 spiro atoms. The molecular formula is C17H24N2O4. The number of carboxylic acid groups (broad SMARTS) is 1. The number of likely N-dealkylation sites (tertiary alicyclic amines) is 1. The van der Waals surface area contributed by atoms with Crippen LogP contribution in [0.2, 0.25) is 0 Å². The minimum absolute atomic E-state index is 0.224. The van der Waals surface area contributed by atoms with Crippen LogP contribution < -0.4 is 10.1 Å². The summed E-state index contributed by atoms with van der Waals surface area (Å²) in [5.41, 5.74) is 2.74. The van der Waals surface area contributed by atoms with Gasteiger partial charge < -0.3 is 20.1 Å². The number of anilines is 1. The molecule has 1 atom stereocenters. The third-order valence-corrected chi connectivity index (χ3v) is 4.78. The number of methoxy groups -OCH3 is 1. The van der Waals surface area contributed by atoms with Gasteiger partial charge in [0.2, 0.25) is 0 Å². The number of amides is 2. The van der Waals surface area contributed by atoms with E-state index in [0.29, 0.717) is 13.0 Å². The van der Waals surface area contributed by atoms with Crippen molar-refractivity contribution in [3.8, 4) is 5.75 Å². The van der Waals surface area contributed by atoms with Crippen LogP contribution in [0.5, 0.6) is 5.75 Å². The summed E-state index contributed by atoms with van der Waals surface area (Å²) in [5, 5.41) is 12.2. The number of ether oxygens (including phenoxy) is 1. The molecule has 2 N–H and O–H groups in total. The molecule has 1 heterocycles. The standard InChI is InChI=1S/C17H24N2O4/c1-10-8-13(23-5)11(2)12(3)14(10)18-16(22)19-7-6-17(4,9-19)15(20)21/h8H,6-7,9H2,1-5H3,(H,18,22)(H,20,21). The summed E-state index contributed by atoms with van der Waals surface area (Å²) in [6.45, 7) is 8.14. The molecule has 126 valence electrons. The molecule has 1 fully saturated rings. The molecule has 1 aliphatic rings. The van der Waals surface area contributed by atoms with Gasteiger partial charge in [-0.05, 0) is 56.9 Å². The van der Waals surface area contributed by atoms with E-state index in [2.05, 4.69) is 5.32 Å². The third kappa shape index (κ3) is 3.11. The Kier molecular flexibility index (Phi) is 4.54. The first-order valence-electron chi connectivity index (χ1n) is 7.63. The molecular weight excluding hydrogens is 296 g/mol. The first-order valence-corrected chi connectivity index (χ1v) is 7.63. The summed E-state index contributed by atoms with van der Waals surface area (Å²) in [7, 11) is 1.62. The van der Waals surface area contributed by atoms with Crippen molar-refractivity contribution < 1.29 is 19.4 Å². The van der Waals surface area contributed by atoms with Gasteiger partial charge in [-0.15, -0.1) is 0 Å². The normalized spacial score (nSPS) is 20.5. The fraction of sp³-hybridized carbons (Fsp3) is 0.529. The molecule has 1 aliphatic heterocycles. The van der Waals surface area contributed by atoms with Crippen LogP contribution in [0.25, 0.3) is 0 Å². The van der Waals surface area contributed by atoms with Crippen LogP contribution in [0.4, 0.5) is 10.5 Å². The summed E-state index contributed by atoms with van der Waals surface area (Å²) >= 11 is 0. The smallest absolute Gasteiger partial charge is 0.321 e. The lowest BCUT2D eigenvalue weighted by Crippen LogP contribution is -2.37. The minimum Gasteiger partial charge on any atom is -0.496 e. The zero-order valence-corrected chi connectivity index (χ0v) is 14.3. The number of rotatable bonds is 3. The second-order valence-electron chi connectivity index (χ2n) is 6.49. The van der Waals surface area contributed by atoms with Crippen molar-refractivity contribution in [2.45, 2.75) is 34.1 Å². The van der Waals surface area contributed by atoms with Gasteiger partial charge in [0, 0.05) is 18.8 Å². The monoisotopic (exact) mass is 320 g/mol. The van der Waals surface area contributed by atoms with Crippen LogP contribution in [-0.2, 0) is 4.79 Å². The highest BCUT2D eigenvalue weighted by atomic mass is 16.5. The number of benzene rings is 1. The van der Waals surface area contributed by atoms with Crippen molar-refractivity contribution in [1.82, 2.24) is 4.90 Å². The molecule has 0 bridgehead atoms. The molecule has 0 aromatic heterocycles. The summed E-state index contributed by atoms with van der Waals surface area (Å²) < 4.78 is 5.33. The number of carbonyl (C=O) groups is 2. The van der Waals surface area contributed by atoms with Crippen LogP contribution in [0, 0.1) is 26.2 Å². The number of nitrogens with one attached hydrogen (secondary N) is 1.